The molecule has 0 aliphatic carbocycles. The summed E-state index contributed by atoms with van der Waals surface area (Å²) in [4.78, 5) is 30.0. The molecule has 156 valence electrons. The molecule has 0 saturated carbocycles. The molecule has 2 bridgehead atoms. The first-order valence-electron chi connectivity index (χ1n) is 10.2. The largest absolute Gasteiger partial charge is 0.467 e. The molecule has 1 N–H and O–H groups in total. The molecule has 0 unspecified atom stereocenters. The van der Waals surface area contributed by atoms with E-state index in [0.29, 0.717) is 25.3 Å². The third-order valence-corrected chi connectivity index (χ3v) is 6.38. The SMILES string of the molecule is CN(Cc1ccco1)C(=O)[C@H]1[C@@H]2C=C[C@@]3(CN(c4ccc(CCO)cc4)C(=O)[C@H]13)O2. The van der Waals surface area contributed by atoms with Crippen molar-refractivity contribution >= 4 is 17.5 Å². The minimum atomic E-state index is -0.753. The molecule has 4 atom stereocenters. The third kappa shape index (κ3) is 2.88. The van der Waals surface area contributed by atoms with Crippen LogP contribution in [0.1, 0.15) is 11.3 Å². The summed E-state index contributed by atoms with van der Waals surface area (Å²) in [5.41, 5.74) is 1.04. The summed E-state index contributed by atoms with van der Waals surface area (Å²) >= 11 is 0. The van der Waals surface area contributed by atoms with E-state index in [2.05, 4.69) is 0 Å². The second-order valence-corrected chi connectivity index (χ2v) is 8.24. The topological polar surface area (TPSA) is 83.2 Å². The Morgan fingerprint density at radius 1 is 1.30 bits per heavy atom. The number of hydrogen-bond acceptors (Lipinski definition) is 5. The molecule has 2 fully saturated rings. The second-order valence-electron chi connectivity index (χ2n) is 8.24. The van der Waals surface area contributed by atoms with Gasteiger partial charge in [-0.25, -0.2) is 0 Å². The Morgan fingerprint density at radius 2 is 2.10 bits per heavy atom. The molecule has 1 aromatic carbocycles. The molecule has 3 aliphatic rings. The van der Waals surface area contributed by atoms with E-state index in [0.717, 1.165) is 11.3 Å². The number of amides is 2. The van der Waals surface area contributed by atoms with Crippen molar-refractivity contribution in [3.63, 3.8) is 0 Å². The second kappa shape index (κ2) is 7.11. The number of ether oxygens (including phenoxy) is 1. The predicted molar refractivity (Wildman–Crippen MR) is 108 cm³/mol. The highest BCUT2D eigenvalue weighted by atomic mass is 16.5. The van der Waals surface area contributed by atoms with Gasteiger partial charge in [0.15, 0.2) is 0 Å². The summed E-state index contributed by atoms with van der Waals surface area (Å²) in [6, 6.07) is 11.2. The maximum Gasteiger partial charge on any atom is 0.234 e. The maximum absolute atomic E-state index is 13.4. The van der Waals surface area contributed by atoms with Crippen LogP contribution in [0, 0.1) is 11.8 Å². The Morgan fingerprint density at radius 3 is 2.80 bits per heavy atom. The first-order valence-corrected chi connectivity index (χ1v) is 10.2. The summed E-state index contributed by atoms with van der Waals surface area (Å²) in [6.45, 7) is 0.833. The van der Waals surface area contributed by atoms with Gasteiger partial charge in [0.25, 0.3) is 0 Å². The van der Waals surface area contributed by atoms with Gasteiger partial charge in [0.2, 0.25) is 11.8 Å². The van der Waals surface area contributed by atoms with E-state index in [9.17, 15) is 9.59 Å². The molecule has 3 aliphatic heterocycles. The molecule has 5 rings (SSSR count). The summed E-state index contributed by atoms with van der Waals surface area (Å²) < 4.78 is 11.6. The van der Waals surface area contributed by atoms with Crippen molar-refractivity contribution in [1.29, 1.82) is 0 Å². The zero-order valence-electron chi connectivity index (χ0n) is 16.7. The lowest BCUT2D eigenvalue weighted by Gasteiger charge is -2.27. The Bertz CT molecular complexity index is 984. The van der Waals surface area contributed by atoms with Crippen LogP contribution < -0.4 is 4.90 Å². The first-order chi connectivity index (χ1) is 14.5. The van der Waals surface area contributed by atoms with E-state index in [1.54, 1.807) is 29.2 Å². The third-order valence-electron chi connectivity index (χ3n) is 6.38. The molecule has 0 radical (unpaired) electrons. The Kier molecular flexibility index (Phi) is 4.52. The van der Waals surface area contributed by atoms with Crippen LogP contribution in [0.2, 0.25) is 0 Å². The van der Waals surface area contributed by atoms with Crippen molar-refractivity contribution in [2.75, 3.05) is 25.1 Å². The summed E-state index contributed by atoms with van der Waals surface area (Å²) in [7, 11) is 1.73. The molecule has 2 aromatic rings. The normalized spacial score (nSPS) is 28.9. The van der Waals surface area contributed by atoms with Crippen LogP contribution in [-0.2, 0) is 27.3 Å². The summed E-state index contributed by atoms with van der Waals surface area (Å²) in [5, 5.41) is 9.10. The fourth-order valence-electron chi connectivity index (χ4n) is 4.94. The number of aliphatic hydroxyl groups is 1. The fraction of sp³-hybridized carbons (Fsp3) is 0.391. The Hall–Kier alpha value is -2.90. The summed E-state index contributed by atoms with van der Waals surface area (Å²) in [5.74, 6) is -0.567. The standard InChI is InChI=1S/C23H24N2O5/c1-24(13-17-3-2-12-29-17)21(27)19-18-8-10-23(30-18)14-25(22(28)20(19)23)16-6-4-15(5-7-16)9-11-26/h2-8,10,12,18-20,26H,9,11,13-14H2,1H3/t18-,19-,20-,23-/m0/s1. The zero-order chi connectivity index (χ0) is 20.9. The lowest BCUT2D eigenvalue weighted by molar-refractivity contribution is -0.139. The van der Waals surface area contributed by atoms with Crippen molar-refractivity contribution in [3.05, 3.63) is 66.1 Å². The molecule has 7 nitrogen and oxygen atoms in total. The minimum absolute atomic E-state index is 0.0819. The predicted octanol–water partition coefficient (Wildman–Crippen LogP) is 1.76. The number of carbonyl (C=O) groups is 2. The van der Waals surface area contributed by atoms with Crippen molar-refractivity contribution in [2.24, 2.45) is 11.8 Å². The number of aliphatic hydroxyl groups excluding tert-OH is 1. The first kappa shape index (κ1) is 19.1. The zero-order valence-corrected chi connectivity index (χ0v) is 16.7. The van der Waals surface area contributed by atoms with Crippen molar-refractivity contribution in [1.82, 2.24) is 4.90 Å². The number of furan rings is 1. The van der Waals surface area contributed by atoms with Gasteiger partial charge in [-0.05, 0) is 36.2 Å². The molecule has 2 amide bonds. The highest BCUT2D eigenvalue weighted by Crippen LogP contribution is 2.53. The number of benzene rings is 1. The van der Waals surface area contributed by atoms with Crippen molar-refractivity contribution in [3.8, 4) is 0 Å². The molecule has 2 saturated heterocycles. The van der Waals surface area contributed by atoms with Gasteiger partial charge in [0.05, 0.1) is 37.3 Å². The van der Waals surface area contributed by atoms with E-state index in [1.807, 2.05) is 42.5 Å². The molecule has 4 heterocycles. The van der Waals surface area contributed by atoms with Gasteiger partial charge < -0.3 is 24.1 Å². The van der Waals surface area contributed by atoms with Gasteiger partial charge in [0, 0.05) is 19.3 Å². The average molecular weight is 408 g/mol. The number of rotatable bonds is 6. The van der Waals surface area contributed by atoms with Crippen molar-refractivity contribution < 1.29 is 23.8 Å². The maximum atomic E-state index is 13.4. The van der Waals surface area contributed by atoms with Gasteiger partial charge in [-0.15, -0.1) is 0 Å². The average Bonchev–Trinajstić information content (AvgIpc) is 3.51. The van der Waals surface area contributed by atoms with Crippen LogP contribution in [0.5, 0.6) is 0 Å². The number of anilines is 1. The fourth-order valence-corrected chi connectivity index (χ4v) is 4.94. The minimum Gasteiger partial charge on any atom is -0.467 e. The van der Waals surface area contributed by atoms with Crippen LogP contribution in [0.3, 0.4) is 0 Å². The Balaban J connectivity index is 1.39. The van der Waals surface area contributed by atoms with E-state index < -0.39 is 17.4 Å². The van der Waals surface area contributed by atoms with Crippen molar-refractivity contribution in [2.45, 2.75) is 24.7 Å². The quantitative estimate of drug-likeness (QED) is 0.737. The Labute approximate surface area is 174 Å². The molecular formula is C23H24N2O5. The van der Waals surface area contributed by atoms with E-state index >= 15 is 0 Å². The number of carbonyl (C=O) groups excluding carboxylic acids is 2. The van der Waals surface area contributed by atoms with Gasteiger partial charge in [-0.1, -0.05) is 24.3 Å². The van der Waals surface area contributed by atoms with E-state index in [1.165, 1.54) is 0 Å². The van der Waals surface area contributed by atoms with E-state index in [4.69, 9.17) is 14.3 Å². The van der Waals surface area contributed by atoms with Gasteiger partial charge >= 0.3 is 0 Å². The van der Waals surface area contributed by atoms with Crippen LogP contribution in [0.25, 0.3) is 0 Å². The van der Waals surface area contributed by atoms with Crippen LogP contribution >= 0.6 is 0 Å². The highest BCUT2D eigenvalue weighted by molar-refractivity contribution is 6.03. The number of hydrogen-bond donors (Lipinski definition) is 1. The molecule has 1 spiro atoms. The van der Waals surface area contributed by atoms with Gasteiger partial charge in [-0.3, -0.25) is 9.59 Å². The highest BCUT2D eigenvalue weighted by Gasteiger charge is 2.67. The molecule has 30 heavy (non-hydrogen) atoms. The lowest BCUT2D eigenvalue weighted by Crippen LogP contribution is -2.44. The van der Waals surface area contributed by atoms with Crippen LogP contribution in [-0.4, -0.2) is 53.7 Å². The monoisotopic (exact) mass is 408 g/mol. The molecular weight excluding hydrogens is 384 g/mol. The van der Waals surface area contributed by atoms with E-state index in [-0.39, 0.29) is 24.5 Å². The smallest absolute Gasteiger partial charge is 0.234 e. The lowest BCUT2D eigenvalue weighted by atomic mass is 9.76. The molecule has 7 heteroatoms. The van der Waals surface area contributed by atoms with Crippen LogP contribution in [0.4, 0.5) is 5.69 Å². The van der Waals surface area contributed by atoms with Crippen LogP contribution in [0.15, 0.2) is 59.2 Å². The number of fused-ring (bicyclic) bond motifs is 1. The number of nitrogens with zero attached hydrogens (tertiary/aromatic N) is 2. The molecule has 1 aromatic heterocycles. The van der Waals surface area contributed by atoms with Gasteiger partial charge in [0.1, 0.15) is 11.4 Å². The van der Waals surface area contributed by atoms with Gasteiger partial charge in [-0.2, -0.15) is 0 Å². The summed E-state index contributed by atoms with van der Waals surface area (Å²) in [6.07, 6.45) is 5.65.